The smallest absolute Gasteiger partial charge is 0.165 e. The predicted molar refractivity (Wildman–Crippen MR) is 57.5 cm³/mol. The molecule has 0 aromatic rings. The first-order chi connectivity index (χ1) is 7.25. The van der Waals surface area contributed by atoms with E-state index in [9.17, 15) is 4.79 Å². The molecule has 0 atom stereocenters. The highest BCUT2D eigenvalue weighted by molar-refractivity contribution is 5.87. The van der Waals surface area contributed by atoms with Gasteiger partial charge >= 0.3 is 0 Å². The zero-order chi connectivity index (χ0) is 11.1. The van der Waals surface area contributed by atoms with Gasteiger partial charge in [0, 0.05) is 46.0 Å². The Morgan fingerprint density at radius 3 is 2.67 bits per heavy atom. The van der Waals surface area contributed by atoms with E-state index in [1.165, 1.54) is 0 Å². The normalized spacial score (nSPS) is 19.1. The van der Waals surface area contributed by atoms with Crippen LogP contribution in [0.1, 0.15) is 32.6 Å². The van der Waals surface area contributed by atoms with Crippen molar-refractivity contribution in [1.82, 2.24) is 0 Å². The molecule has 0 radical (unpaired) electrons. The summed E-state index contributed by atoms with van der Waals surface area (Å²) in [5, 5.41) is 0. The minimum Gasteiger partial charge on any atom is -0.381 e. The summed E-state index contributed by atoms with van der Waals surface area (Å²) in [4.78, 5) is 12.0. The van der Waals surface area contributed by atoms with Gasteiger partial charge in [0.2, 0.25) is 0 Å². The molecule has 0 aromatic heterocycles. The number of rotatable bonds is 4. The Morgan fingerprint density at radius 2 is 2.13 bits per heavy atom. The number of ketones is 1. The number of hydrogen-bond donors (Lipinski definition) is 0. The molecule has 0 aromatic carbocycles. The van der Waals surface area contributed by atoms with Crippen molar-refractivity contribution in [3.63, 3.8) is 0 Å². The molecular formula is C12H18O3. The van der Waals surface area contributed by atoms with E-state index in [2.05, 4.69) is 11.8 Å². The third-order valence-electron chi connectivity index (χ3n) is 2.85. The molecule has 84 valence electrons. The summed E-state index contributed by atoms with van der Waals surface area (Å²) in [7, 11) is 1.61. The van der Waals surface area contributed by atoms with Crippen molar-refractivity contribution in [1.29, 1.82) is 0 Å². The van der Waals surface area contributed by atoms with Gasteiger partial charge in [0.05, 0.1) is 0 Å². The molecule has 0 bridgehead atoms. The second kappa shape index (κ2) is 5.89. The Bertz CT molecular complexity index is 266. The molecule has 0 unspecified atom stereocenters. The van der Waals surface area contributed by atoms with Gasteiger partial charge in [-0.3, -0.25) is 4.79 Å². The van der Waals surface area contributed by atoms with Gasteiger partial charge in [-0.2, -0.15) is 0 Å². The lowest BCUT2D eigenvalue weighted by Gasteiger charge is -2.34. The van der Waals surface area contributed by atoms with E-state index in [4.69, 9.17) is 9.47 Å². The van der Waals surface area contributed by atoms with Gasteiger partial charge in [-0.05, 0) is 6.92 Å². The second-order valence-corrected chi connectivity index (χ2v) is 3.66. The van der Waals surface area contributed by atoms with Gasteiger partial charge in [-0.1, -0.05) is 0 Å². The van der Waals surface area contributed by atoms with E-state index >= 15 is 0 Å². The number of carbonyl (C=O) groups excluding carboxylic acids is 1. The summed E-state index contributed by atoms with van der Waals surface area (Å²) in [6, 6.07) is 0. The van der Waals surface area contributed by atoms with Crippen LogP contribution < -0.4 is 0 Å². The summed E-state index contributed by atoms with van der Waals surface area (Å²) in [6.45, 7) is 3.00. The van der Waals surface area contributed by atoms with Crippen LogP contribution in [0.5, 0.6) is 0 Å². The average molecular weight is 210 g/mol. The van der Waals surface area contributed by atoms with Crippen LogP contribution >= 0.6 is 0 Å². The van der Waals surface area contributed by atoms with E-state index < -0.39 is 5.60 Å². The van der Waals surface area contributed by atoms with Crippen LogP contribution in [0.25, 0.3) is 0 Å². The van der Waals surface area contributed by atoms with E-state index in [1.54, 1.807) is 14.0 Å². The van der Waals surface area contributed by atoms with Crippen LogP contribution in [0.4, 0.5) is 0 Å². The van der Waals surface area contributed by atoms with E-state index in [-0.39, 0.29) is 5.78 Å². The lowest BCUT2D eigenvalue weighted by molar-refractivity contribution is -0.152. The first-order valence-corrected chi connectivity index (χ1v) is 5.31. The highest BCUT2D eigenvalue weighted by Crippen LogP contribution is 2.27. The molecule has 0 aliphatic carbocycles. The van der Waals surface area contributed by atoms with Crippen molar-refractivity contribution in [2.24, 2.45) is 0 Å². The van der Waals surface area contributed by atoms with E-state index in [0.717, 1.165) is 0 Å². The first-order valence-electron chi connectivity index (χ1n) is 5.31. The first kappa shape index (κ1) is 12.2. The summed E-state index contributed by atoms with van der Waals surface area (Å²) < 4.78 is 10.6. The van der Waals surface area contributed by atoms with Crippen LogP contribution in [0.2, 0.25) is 0 Å². The molecule has 0 saturated carbocycles. The van der Waals surface area contributed by atoms with Crippen molar-refractivity contribution in [3.8, 4) is 11.8 Å². The van der Waals surface area contributed by atoms with Gasteiger partial charge in [0.15, 0.2) is 5.78 Å². The minimum absolute atomic E-state index is 0.163. The third-order valence-corrected chi connectivity index (χ3v) is 2.85. The van der Waals surface area contributed by atoms with Crippen molar-refractivity contribution >= 4 is 5.78 Å². The molecule has 1 saturated heterocycles. The molecular weight excluding hydrogens is 192 g/mol. The van der Waals surface area contributed by atoms with Gasteiger partial charge in [0.25, 0.3) is 0 Å². The van der Waals surface area contributed by atoms with Gasteiger partial charge in [-0.25, -0.2) is 0 Å². The standard InChI is InChI=1S/C12H18O3/c1-3-4-5-6-11(13)12(14-2)7-9-15-10-8-12/h5-10H2,1-2H3. The summed E-state index contributed by atoms with van der Waals surface area (Å²) in [5.74, 6) is 5.85. The maximum Gasteiger partial charge on any atom is 0.165 e. The molecule has 1 aliphatic heterocycles. The van der Waals surface area contributed by atoms with Crippen LogP contribution in [-0.4, -0.2) is 31.7 Å². The zero-order valence-corrected chi connectivity index (χ0v) is 9.47. The van der Waals surface area contributed by atoms with E-state index in [1.807, 2.05) is 0 Å². The number of ether oxygens (including phenoxy) is 2. The van der Waals surface area contributed by atoms with Crippen LogP contribution in [0.3, 0.4) is 0 Å². The SMILES string of the molecule is CC#CCCC(=O)C1(OC)CCOCC1. The summed E-state index contributed by atoms with van der Waals surface area (Å²) in [6.07, 6.45) is 2.44. The zero-order valence-electron chi connectivity index (χ0n) is 9.47. The van der Waals surface area contributed by atoms with Gasteiger partial charge in [-0.15, -0.1) is 11.8 Å². The third kappa shape index (κ3) is 3.05. The molecule has 0 amide bonds. The summed E-state index contributed by atoms with van der Waals surface area (Å²) in [5.41, 5.74) is -0.604. The molecule has 1 heterocycles. The van der Waals surface area contributed by atoms with Crippen molar-refractivity contribution in [2.75, 3.05) is 20.3 Å². The molecule has 1 fully saturated rings. The Morgan fingerprint density at radius 1 is 1.47 bits per heavy atom. The molecule has 3 heteroatoms. The Balaban J connectivity index is 2.54. The number of methoxy groups -OCH3 is 1. The topological polar surface area (TPSA) is 35.5 Å². The van der Waals surface area contributed by atoms with Crippen LogP contribution in [-0.2, 0) is 14.3 Å². The fourth-order valence-corrected chi connectivity index (χ4v) is 1.83. The lowest BCUT2D eigenvalue weighted by Crippen LogP contribution is -2.45. The maximum absolute atomic E-state index is 12.0. The Labute approximate surface area is 91.1 Å². The fraction of sp³-hybridized carbons (Fsp3) is 0.750. The highest BCUT2D eigenvalue weighted by atomic mass is 16.5. The Hall–Kier alpha value is -0.850. The Kier molecular flexibility index (Phi) is 4.80. The number of hydrogen-bond acceptors (Lipinski definition) is 3. The largest absolute Gasteiger partial charge is 0.381 e. The number of carbonyl (C=O) groups is 1. The van der Waals surface area contributed by atoms with Crippen LogP contribution in [0, 0.1) is 11.8 Å². The quantitative estimate of drug-likeness (QED) is 0.660. The van der Waals surface area contributed by atoms with Crippen molar-refractivity contribution in [3.05, 3.63) is 0 Å². The van der Waals surface area contributed by atoms with Gasteiger partial charge in [0.1, 0.15) is 5.60 Å². The number of Topliss-reactive ketones (excluding diaryl/α,β-unsaturated/α-hetero) is 1. The molecule has 0 N–H and O–H groups in total. The highest BCUT2D eigenvalue weighted by Gasteiger charge is 2.39. The van der Waals surface area contributed by atoms with E-state index in [0.29, 0.717) is 38.9 Å². The predicted octanol–water partition coefficient (Wildman–Crippen LogP) is 1.55. The lowest BCUT2D eigenvalue weighted by atomic mass is 9.87. The molecule has 0 spiro atoms. The fourth-order valence-electron chi connectivity index (χ4n) is 1.83. The van der Waals surface area contributed by atoms with Crippen LogP contribution in [0.15, 0.2) is 0 Å². The molecule has 15 heavy (non-hydrogen) atoms. The molecule has 3 nitrogen and oxygen atoms in total. The average Bonchev–Trinajstić information content (AvgIpc) is 2.30. The van der Waals surface area contributed by atoms with Crippen molar-refractivity contribution in [2.45, 2.75) is 38.2 Å². The molecule has 1 rings (SSSR count). The second-order valence-electron chi connectivity index (χ2n) is 3.66. The molecule has 1 aliphatic rings. The monoisotopic (exact) mass is 210 g/mol. The summed E-state index contributed by atoms with van der Waals surface area (Å²) >= 11 is 0. The van der Waals surface area contributed by atoms with Gasteiger partial charge < -0.3 is 9.47 Å². The maximum atomic E-state index is 12.0. The minimum atomic E-state index is -0.604. The van der Waals surface area contributed by atoms with Crippen molar-refractivity contribution < 1.29 is 14.3 Å².